The molecule has 0 saturated heterocycles. The SMILES string of the molecule is O=C(O)c1cccn(CC2CCCCC2O)c1=O. The van der Waals surface area contributed by atoms with Crippen molar-refractivity contribution in [3.05, 3.63) is 34.2 Å². The molecule has 2 rings (SSSR count). The van der Waals surface area contributed by atoms with E-state index in [9.17, 15) is 14.7 Å². The zero-order valence-electron chi connectivity index (χ0n) is 10.1. The summed E-state index contributed by atoms with van der Waals surface area (Å²) in [7, 11) is 0. The largest absolute Gasteiger partial charge is 0.477 e. The first-order valence-corrected chi connectivity index (χ1v) is 6.20. The summed E-state index contributed by atoms with van der Waals surface area (Å²) in [5, 5.41) is 18.8. The first-order valence-electron chi connectivity index (χ1n) is 6.20. The van der Waals surface area contributed by atoms with Gasteiger partial charge in [-0.1, -0.05) is 12.8 Å². The first-order chi connectivity index (χ1) is 8.59. The molecule has 2 atom stereocenters. The Balaban J connectivity index is 2.21. The van der Waals surface area contributed by atoms with Crippen LogP contribution < -0.4 is 5.56 Å². The van der Waals surface area contributed by atoms with Crippen molar-refractivity contribution in [1.82, 2.24) is 4.57 Å². The number of hydrogen-bond acceptors (Lipinski definition) is 3. The highest BCUT2D eigenvalue weighted by Gasteiger charge is 2.24. The topological polar surface area (TPSA) is 79.5 Å². The van der Waals surface area contributed by atoms with E-state index in [1.165, 1.54) is 10.6 Å². The minimum atomic E-state index is -1.21. The molecule has 1 aromatic rings. The third kappa shape index (κ3) is 2.61. The molecule has 1 aliphatic carbocycles. The zero-order chi connectivity index (χ0) is 13.1. The van der Waals surface area contributed by atoms with E-state index in [2.05, 4.69) is 0 Å². The molecule has 1 heterocycles. The fourth-order valence-corrected chi connectivity index (χ4v) is 2.50. The van der Waals surface area contributed by atoms with Crippen LogP contribution in [0.4, 0.5) is 0 Å². The van der Waals surface area contributed by atoms with Crippen LogP contribution in [-0.4, -0.2) is 26.9 Å². The predicted octanol–water partition coefficient (Wildman–Crippen LogP) is 1.10. The van der Waals surface area contributed by atoms with Crippen LogP contribution in [0.1, 0.15) is 36.0 Å². The highest BCUT2D eigenvalue weighted by Crippen LogP contribution is 2.25. The molecule has 0 amide bonds. The molecule has 0 radical (unpaired) electrons. The average molecular weight is 251 g/mol. The molecular weight excluding hydrogens is 234 g/mol. The lowest BCUT2D eigenvalue weighted by Crippen LogP contribution is -2.33. The molecule has 1 saturated carbocycles. The first kappa shape index (κ1) is 12.8. The van der Waals surface area contributed by atoms with Gasteiger partial charge in [-0.3, -0.25) is 4.79 Å². The number of hydrogen-bond donors (Lipinski definition) is 2. The molecule has 1 fully saturated rings. The van der Waals surface area contributed by atoms with Gasteiger partial charge in [0.05, 0.1) is 6.10 Å². The van der Waals surface area contributed by atoms with Crippen LogP contribution >= 0.6 is 0 Å². The van der Waals surface area contributed by atoms with Crippen molar-refractivity contribution >= 4 is 5.97 Å². The van der Waals surface area contributed by atoms with E-state index in [4.69, 9.17) is 5.11 Å². The van der Waals surface area contributed by atoms with Crippen LogP contribution in [0.15, 0.2) is 23.1 Å². The Bertz CT molecular complexity index is 494. The minimum Gasteiger partial charge on any atom is -0.477 e. The minimum absolute atomic E-state index is 0.0421. The van der Waals surface area contributed by atoms with E-state index < -0.39 is 11.5 Å². The number of carboxylic acids is 1. The second-order valence-electron chi connectivity index (χ2n) is 4.80. The van der Waals surface area contributed by atoms with Gasteiger partial charge >= 0.3 is 5.97 Å². The summed E-state index contributed by atoms with van der Waals surface area (Å²) >= 11 is 0. The molecule has 0 aromatic carbocycles. The van der Waals surface area contributed by atoms with Crippen molar-refractivity contribution in [2.24, 2.45) is 5.92 Å². The predicted molar refractivity (Wildman–Crippen MR) is 65.6 cm³/mol. The second-order valence-corrected chi connectivity index (χ2v) is 4.80. The molecule has 1 aliphatic rings. The monoisotopic (exact) mass is 251 g/mol. The van der Waals surface area contributed by atoms with E-state index >= 15 is 0 Å². The Kier molecular flexibility index (Phi) is 3.81. The molecular formula is C13H17NO4. The van der Waals surface area contributed by atoms with Gasteiger partial charge < -0.3 is 14.8 Å². The Morgan fingerprint density at radius 1 is 1.39 bits per heavy atom. The van der Waals surface area contributed by atoms with Crippen molar-refractivity contribution in [2.75, 3.05) is 0 Å². The summed E-state index contributed by atoms with van der Waals surface area (Å²) in [6.45, 7) is 0.390. The second kappa shape index (κ2) is 5.35. The molecule has 5 heteroatoms. The van der Waals surface area contributed by atoms with E-state index in [1.54, 1.807) is 12.3 Å². The highest BCUT2D eigenvalue weighted by atomic mass is 16.4. The average Bonchev–Trinajstić information content (AvgIpc) is 2.34. The van der Waals surface area contributed by atoms with Gasteiger partial charge in [0.25, 0.3) is 5.56 Å². The molecule has 0 bridgehead atoms. The molecule has 0 spiro atoms. The van der Waals surface area contributed by atoms with Crippen LogP contribution in [0.2, 0.25) is 0 Å². The van der Waals surface area contributed by atoms with Gasteiger partial charge in [-0.2, -0.15) is 0 Å². The van der Waals surface area contributed by atoms with E-state index in [-0.39, 0.29) is 17.6 Å². The number of carbonyl (C=O) groups is 1. The maximum absolute atomic E-state index is 11.9. The Morgan fingerprint density at radius 2 is 2.11 bits per heavy atom. The molecule has 1 aromatic heterocycles. The summed E-state index contributed by atoms with van der Waals surface area (Å²) in [6.07, 6.45) is 4.90. The van der Waals surface area contributed by atoms with Crippen molar-refractivity contribution < 1.29 is 15.0 Å². The molecule has 5 nitrogen and oxygen atoms in total. The van der Waals surface area contributed by atoms with Crippen LogP contribution in [0.25, 0.3) is 0 Å². The fourth-order valence-electron chi connectivity index (χ4n) is 2.50. The van der Waals surface area contributed by atoms with Crippen molar-refractivity contribution in [2.45, 2.75) is 38.3 Å². The molecule has 2 N–H and O–H groups in total. The van der Waals surface area contributed by atoms with Gasteiger partial charge in [-0.25, -0.2) is 4.79 Å². The summed E-state index contributed by atoms with van der Waals surface area (Å²) in [6, 6.07) is 2.86. The van der Waals surface area contributed by atoms with Crippen LogP contribution in [0.3, 0.4) is 0 Å². The maximum atomic E-state index is 11.9. The molecule has 0 aliphatic heterocycles. The number of carboxylic acid groups (broad SMARTS) is 1. The summed E-state index contributed by atoms with van der Waals surface area (Å²) in [5.74, 6) is -1.17. The lowest BCUT2D eigenvalue weighted by Gasteiger charge is -2.28. The van der Waals surface area contributed by atoms with Gasteiger partial charge in [0.2, 0.25) is 0 Å². The van der Waals surface area contributed by atoms with Crippen LogP contribution in [-0.2, 0) is 6.54 Å². The Hall–Kier alpha value is -1.62. The molecule has 2 unspecified atom stereocenters. The number of aromatic carboxylic acids is 1. The number of aliphatic hydroxyl groups is 1. The standard InChI is InChI=1S/C13H17NO4/c15-11-6-2-1-4-9(11)8-14-7-3-5-10(12(14)16)13(17)18/h3,5,7,9,11,15H,1-2,4,6,8H2,(H,17,18). The quantitative estimate of drug-likeness (QED) is 0.843. The number of rotatable bonds is 3. The Morgan fingerprint density at radius 3 is 2.78 bits per heavy atom. The number of aromatic nitrogens is 1. The van der Waals surface area contributed by atoms with E-state index in [0.717, 1.165) is 25.7 Å². The third-order valence-electron chi connectivity index (χ3n) is 3.55. The van der Waals surface area contributed by atoms with Crippen molar-refractivity contribution in [1.29, 1.82) is 0 Å². The van der Waals surface area contributed by atoms with Gasteiger partial charge in [-0.05, 0) is 25.0 Å². The van der Waals surface area contributed by atoms with Crippen LogP contribution in [0.5, 0.6) is 0 Å². The van der Waals surface area contributed by atoms with Gasteiger partial charge in [0, 0.05) is 18.7 Å². The normalized spacial score (nSPS) is 23.8. The van der Waals surface area contributed by atoms with Gasteiger partial charge in [0.1, 0.15) is 5.56 Å². The lowest BCUT2D eigenvalue weighted by molar-refractivity contribution is 0.0598. The smallest absolute Gasteiger partial charge is 0.341 e. The zero-order valence-corrected chi connectivity index (χ0v) is 10.1. The lowest BCUT2D eigenvalue weighted by atomic mass is 9.86. The number of nitrogens with zero attached hydrogens (tertiary/aromatic N) is 1. The summed E-state index contributed by atoms with van der Waals surface area (Å²) in [4.78, 5) is 22.8. The van der Waals surface area contributed by atoms with Crippen LogP contribution in [0, 0.1) is 5.92 Å². The van der Waals surface area contributed by atoms with Gasteiger partial charge in [0.15, 0.2) is 0 Å². The number of aliphatic hydroxyl groups excluding tert-OH is 1. The Labute approximate surface area is 105 Å². The summed E-state index contributed by atoms with van der Waals surface area (Å²) in [5.41, 5.74) is -0.717. The van der Waals surface area contributed by atoms with Crippen molar-refractivity contribution in [3.8, 4) is 0 Å². The molecule has 98 valence electrons. The van der Waals surface area contributed by atoms with Crippen molar-refractivity contribution in [3.63, 3.8) is 0 Å². The fraction of sp³-hybridized carbons (Fsp3) is 0.538. The summed E-state index contributed by atoms with van der Waals surface area (Å²) < 4.78 is 1.39. The highest BCUT2D eigenvalue weighted by molar-refractivity contribution is 5.86. The van der Waals surface area contributed by atoms with E-state index in [1.807, 2.05) is 0 Å². The van der Waals surface area contributed by atoms with E-state index in [0.29, 0.717) is 6.54 Å². The maximum Gasteiger partial charge on any atom is 0.341 e. The molecule has 18 heavy (non-hydrogen) atoms. The van der Waals surface area contributed by atoms with Gasteiger partial charge in [-0.15, -0.1) is 0 Å². The number of pyridine rings is 1. The third-order valence-corrected chi connectivity index (χ3v) is 3.55.